The average Bonchev–Trinajstić information content (AvgIpc) is 3.14. The van der Waals surface area contributed by atoms with Crippen molar-refractivity contribution >= 4 is 50.3 Å². The Hall–Kier alpha value is -0.930. The van der Waals surface area contributed by atoms with Gasteiger partial charge in [0.25, 0.3) is 5.79 Å². The van der Waals surface area contributed by atoms with Gasteiger partial charge < -0.3 is 50.1 Å². The number of ether oxygens (including phenoxy) is 2. The number of carboxylic acid groups (broad SMARTS) is 1. The minimum Gasteiger partial charge on any atom is -0.543 e. The summed E-state index contributed by atoms with van der Waals surface area (Å²) in [5, 5.41) is 55.2. The zero-order valence-electron chi connectivity index (χ0n) is 17.6. The van der Waals surface area contributed by atoms with Gasteiger partial charge in [-0.05, 0) is 28.1 Å². The number of H-pyrrole nitrogens is 1. The molecule has 33 heavy (non-hydrogen) atoms. The Bertz CT molecular complexity index is 1020. The fourth-order valence-corrected chi connectivity index (χ4v) is 4.20. The standard InChI is InChI=1S/C19H22BrClN2O9.Na/c1-7(25)23-15-10(26)4-19(18(29)30,32-17(15)16(28)11(27)6-24)31-12-5-22-9-3-2-8(20)14(21)13(9)12;/h2-3,5,10-11,15-17,22,24,26-28H,4,6H2,1H3,(H,23,25)(H,29,30);/q;+1/p-1/t10-,11+,15+,16+,17+,19+;/m0./s1. The molecule has 0 radical (unpaired) electrons. The molecule has 1 amide bonds. The van der Waals surface area contributed by atoms with Crippen molar-refractivity contribution < 1.29 is 74.2 Å². The van der Waals surface area contributed by atoms with Gasteiger partial charge in [0.05, 0.1) is 34.7 Å². The molecule has 0 bridgehead atoms. The van der Waals surface area contributed by atoms with Crippen LogP contribution in [0, 0.1) is 0 Å². The summed E-state index contributed by atoms with van der Waals surface area (Å²) in [6.45, 7) is 0.247. The third kappa shape index (κ3) is 5.67. The number of hydrogen-bond acceptors (Lipinski definition) is 9. The van der Waals surface area contributed by atoms with Crippen LogP contribution >= 0.6 is 27.5 Å². The largest absolute Gasteiger partial charge is 1.00 e. The SMILES string of the molecule is CC(=O)N[C@H]1[C@H]([C@H](O)[C@H](O)CO)O[C@@](Oc2c[nH]c3ccc(Br)c(Cl)c23)(C(=O)[O-])C[C@@H]1O.[Na+]. The smallest absolute Gasteiger partial charge is 0.543 e. The third-order valence-corrected chi connectivity index (χ3v) is 6.43. The third-order valence-electron chi connectivity index (χ3n) is 5.15. The topological polar surface area (TPSA) is 184 Å². The molecule has 0 aliphatic carbocycles. The minimum absolute atomic E-state index is 0. The quantitative estimate of drug-likeness (QED) is 0.183. The number of aromatic amines is 1. The van der Waals surface area contributed by atoms with Gasteiger partial charge in [-0.15, -0.1) is 0 Å². The van der Waals surface area contributed by atoms with Gasteiger partial charge in [-0.25, -0.2) is 0 Å². The number of rotatable bonds is 7. The van der Waals surface area contributed by atoms with Gasteiger partial charge in [-0.1, -0.05) is 11.6 Å². The molecule has 0 unspecified atom stereocenters. The molecule has 3 rings (SSSR count). The van der Waals surface area contributed by atoms with Gasteiger partial charge in [-0.2, -0.15) is 0 Å². The van der Waals surface area contributed by atoms with E-state index in [0.717, 1.165) is 6.92 Å². The number of amides is 1. The van der Waals surface area contributed by atoms with Crippen molar-refractivity contribution in [1.29, 1.82) is 0 Å². The number of nitrogens with one attached hydrogen (secondary N) is 2. The zero-order valence-corrected chi connectivity index (χ0v) is 22.0. The first-order chi connectivity index (χ1) is 15.0. The molecule has 1 aliphatic heterocycles. The molecule has 176 valence electrons. The summed E-state index contributed by atoms with van der Waals surface area (Å²) in [5.74, 6) is -5.16. The van der Waals surface area contributed by atoms with Crippen molar-refractivity contribution in [3.8, 4) is 5.75 Å². The van der Waals surface area contributed by atoms with Gasteiger partial charge in [0.1, 0.15) is 30.0 Å². The predicted molar refractivity (Wildman–Crippen MR) is 112 cm³/mol. The molecule has 1 aromatic heterocycles. The van der Waals surface area contributed by atoms with Crippen molar-refractivity contribution in [1.82, 2.24) is 10.3 Å². The van der Waals surface area contributed by atoms with Crippen LogP contribution in [0.25, 0.3) is 10.9 Å². The number of aliphatic carboxylic acids is 1. The van der Waals surface area contributed by atoms with Crippen LogP contribution in [-0.4, -0.2) is 80.1 Å². The summed E-state index contributed by atoms with van der Waals surface area (Å²) in [4.78, 5) is 26.6. The van der Waals surface area contributed by atoms with Crippen LogP contribution in [0.1, 0.15) is 13.3 Å². The Kier molecular flexibility index (Phi) is 9.61. The fraction of sp³-hybridized carbons (Fsp3) is 0.474. The van der Waals surface area contributed by atoms with Crippen molar-refractivity contribution in [2.24, 2.45) is 0 Å². The Morgan fingerprint density at radius 3 is 2.70 bits per heavy atom. The Balaban J connectivity index is 0.00000385. The van der Waals surface area contributed by atoms with Crippen LogP contribution in [0.5, 0.6) is 5.75 Å². The number of benzene rings is 1. The van der Waals surface area contributed by atoms with E-state index >= 15 is 0 Å². The van der Waals surface area contributed by atoms with Gasteiger partial charge >= 0.3 is 29.6 Å². The monoisotopic (exact) mass is 558 g/mol. The van der Waals surface area contributed by atoms with Crippen LogP contribution in [0.15, 0.2) is 22.8 Å². The zero-order chi connectivity index (χ0) is 23.8. The summed E-state index contributed by atoms with van der Waals surface area (Å²) in [5.41, 5.74) is 0.515. The molecule has 1 fully saturated rings. The molecule has 1 saturated heterocycles. The number of carbonyl (C=O) groups excluding carboxylic acids is 2. The maximum Gasteiger partial charge on any atom is 1.00 e. The average molecular weight is 560 g/mol. The second-order valence-corrected chi connectivity index (χ2v) is 8.63. The fourth-order valence-electron chi connectivity index (χ4n) is 3.61. The van der Waals surface area contributed by atoms with Crippen LogP contribution in [0.3, 0.4) is 0 Å². The van der Waals surface area contributed by atoms with E-state index in [1.165, 1.54) is 6.20 Å². The second kappa shape index (κ2) is 11.2. The van der Waals surface area contributed by atoms with Crippen LogP contribution in [-0.2, 0) is 14.3 Å². The number of halogens is 2. The van der Waals surface area contributed by atoms with E-state index in [4.69, 9.17) is 21.1 Å². The minimum atomic E-state index is -2.63. The van der Waals surface area contributed by atoms with Crippen molar-refractivity contribution in [2.75, 3.05) is 6.61 Å². The van der Waals surface area contributed by atoms with Gasteiger partial charge in [0, 0.05) is 24.0 Å². The number of fused-ring (bicyclic) bond motifs is 1. The number of carboxylic acids is 1. The molecule has 1 aromatic carbocycles. The molecule has 0 saturated carbocycles. The predicted octanol–water partition coefficient (Wildman–Crippen LogP) is -4.22. The van der Waals surface area contributed by atoms with E-state index < -0.39 is 61.1 Å². The summed E-state index contributed by atoms with van der Waals surface area (Å²) >= 11 is 9.58. The maximum atomic E-state index is 12.2. The number of aromatic nitrogens is 1. The van der Waals surface area contributed by atoms with Crippen LogP contribution < -0.4 is 44.7 Å². The molecule has 1 aliphatic rings. The van der Waals surface area contributed by atoms with E-state index in [0.29, 0.717) is 15.4 Å². The van der Waals surface area contributed by atoms with E-state index in [1.807, 2.05) is 0 Å². The number of aliphatic hydroxyl groups is 4. The van der Waals surface area contributed by atoms with Crippen molar-refractivity contribution in [2.45, 2.75) is 49.6 Å². The summed E-state index contributed by atoms with van der Waals surface area (Å²) < 4.78 is 11.7. The molecule has 6 atom stereocenters. The molecule has 0 spiro atoms. The molecule has 6 N–H and O–H groups in total. The molecular formula is C19H21BrClN2NaO9. The Morgan fingerprint density at radius 1 is 1.45 bits per heavy atom. The van der Waals surface area contributed by atoms with Crippen molar-refractivity contribution in [3.05, 3.63) is 27.8 Å². The summed E-state index contributed by atoms with van der Waals surface area (Å²) in [7, 11) is 0. The first kappa shape index (κ1) is 28.3. The Morgan fingerprint density at radius 2 is 2.12 bits per heavy atom. The number of aliphatic hydroxyl groups excluding tert-OH is 4. The Labute approximate surface area is 223 Å². The molecule has 2 heterocycles. The summed E-state index contributed by atoms with van der Waals surface area (Å²) in [6.07, 6.45) is -6.30. The second-order valence-electron chi connectivity index (χ2n) is 7.40. The first-order valence-corrected chi connectivity index (χ1v) is 10.6. The first-order valence-electron chi connectivity index (χ1n) is 9.46. The van der Waals surface area contributed by atoms with E-state index in [-0.39, 0.29) is 40.3 Å². The van der Waals surface area contributed by atoms with Crippen molar-refractivity contribution in [3.63, 3.8) is 0 Å². The maximum absolute atomic E-state index is 12.2. The van der Waals surface area contributed by atoms with Gasteiger partial charge in [0.2, 0.25) is 5.91 Å². The number of carbonyl (C=O) groups is 2. The normalized spacial score (nSPS) is 26.8. The molecule has 11 nitrogen and oxygen atoms in total. The molecule has 2 aromatic rings. The van der Waals surface area contributed by atoms with E-state index in [2.05, 4.69) is 26.2 Å². The van der Waals surface area contributed by atoms with Crippen LogP contribution in [0.4, 0.5) is 0 Å². The molecule has 14 heteroatoms. The summed E-state index contributed by atoms with van der Waals surface area (Å²) in [6, 6.07) is 2.01. The van der Waals surface area contributed by atoms with E-state index in [1.54, 1.807) is 12.1 Å². The van der Waals surface area contributed by atoms with E-state index in [9.17, 15) is 35.1 Å². The number of hydrogen-bond donors (Lipinski definition) is 6. The van der Waals surface area contributed by atoms with Crippen LogP contribution in [0.2, 0.25) is 5.02 Å². The molecular weight excluding hydrogens is 539 g/mol. The van der Waals surface area contributed by atoms with Gasteiger partial charge in [-0.3, -0.25) is 4.79 Å². The van der Waals surface area contributed by atoms with Gasteiger partial charge in [0.15, 0.2) is 0 Å².